The summed E-state index contributed by atoms with van der Waals surface area (Å²) >= 11 is 0. The molecule has 0 saturated heterocycles. The largest absolute Gasteiger partial charge is 0.497 e. The van der Waals surface area contributed by atoms with Crippen molar-refractivity contribution in [3.63, 3.8) is 0 Å². The molecule has 104 valence electrons. The first-order valence-electron chi connectivity index (χ1n) is 6.40. The van der Waals surface area contributed by atoms with E-state index in [1.54, 1.807) is 32.4 Å². The van der Waals surface area contributed by atoms with Crippen LogP contribution in [0.3, 0.4) is 0 Å². The smallest absolute Gasteiger partial charge is 0.197 e. The topological polar surface area (TPSA) is 35.5 Å². The van der Waals surface area contributed by atoms with Gasteiger partial charge in [-0.05, 0) is 55.3 Å². The van der Waals surface area contributed by atoms with Crippen molar-refractivity contribution in [3.8, 4) is 11.5 Å². The van der Waals surface area contributed by atoms with Crippen molar-refractivity contribution < 1.29 is 14.3 Å². The molecule has 0 fully saturated rings. The molecule has 0 aromatic heterocycles. The number of hydrogen-bond acceptors (Lipinski definition) is 3. The number of hydrogen-bond donors (Lipinski definition) is 0. The summed E-state index contributed by atoms with van der Waals surface area (Å²) in [6, 6.07) is 11.0. The van der Waals surface area contributed by atoms with Gasteiger partial charge in [-0.15, -0.1) is 0 Å². The maximum atomic E-state index is 12.6. The fourth-order valence-electron chi connectivity index (χ4n) is 2.15. The molecule has 2 rings (SSSR count). The number of benzene rings is 2. The molecule has 0 saturated carbocycles. The molecular weight excluding hydrogens is 252 g/mol. The average Bonchev–Trinajstić information content (AvgIpc) is 2.46. The van der Waals surface area contributed by atoms with Crippen molar-refractivity contribution in [2.75, 3.05) is 14.2 Å². The Balaban J connectivity index is 2.46. The summed E-state index contributed by atoms with van der Waals surface area (Å²) in [4.78, 5) is 12.6. The SMILES string of the molecule is COc1ccc(C(=O)c2ccc(C)cc2OC)c(C)c1. The molecule has 0 unspecified atom stereocenters. The van der Waals surface area contributed by atoms with Gasteiger partial charge >= 0.3 is 0 Å². The molecule has 0 heterocycles. The molecule has 0 bridgehead atoms. The van der Waals surface area contributed by atoms with E-state index in [9.17, 15) is 4.79 Å². The van der Waals surface area contributed by atoms with Crippen molar-refractivity contribution in [3.05, 3.63) is 58.7 Å². The molecule has 0 radical (unpaired) electrons. The van der Waals surface area contributed by atoms with Crippen molar-refractivity contribution >= 4 is 5.78 Å². The minimum Gasteiger partial charge on any atom is -0.497 e. The lowest BCUT2D eigenvalue weighted by Gasteiger charge is -2.11. The third-order valence-electron chi connectivity index (χ3n) is 3.28. The Hall–Kier alpha value is -2.29. The summed E-state index contributed by atoms with van der Waals surface area (Å²) in [5.41, 5.74) is 3.18. The summed E-state index contributed by atoms with van der Waals surface area (Å²) in [5.74, 6) is 1.31. The van der Waals surface area contributed by atoms with Crippen LogP contribution in [0.5, 0.6) is 11.5 Å². The van der Waals surface area contributed by atoms with Crippen molar-refractivity contribution in [2.24, 2.45) is 0 Å². The first-order valence-corrected chi connectivity index (χ1v) is 6.40. The number of ether oxygens (including phenoxy) is 2. The lowest BCUT2D eigenvalue weighted by atomic mass is 9.97. The molecule has 0 aliphatic rings. The molecule has 0 spiro atoms. The minimum absolute atomic E-state index is 0.0398. The van der Waals surface area contributed by atoms with E-state index in [1.165, 1.54) is 0 Å². The maximum absolute atomic E-state index is 12.6. The molecule has 0 aliphatic carbocycles. The standard InChI is InChI=1S/C17H18O3/c1-11-5-7-15(16(9-11)20-4)17(18)14-8-6-13(19-3)10-12(14)2/h5-10H,1-4H3. The molecule has 20 heavy (non-hydrogen) atoms. The molecule has 2 aromatic rings. The van der Waals surface area contributed by atoms with E-state index in [2.05, 4.69) is 0 Å². The van der Waals surface area contributed by atoms with E-state index < -0.39 is 0 Å². The van der Waals surface area contributed by atoms with Crippen molar-refractivity contribution in [1.29, 1.82) is 0 Å². The zero-order valence-corrected chi connectivity index (χ0v) is 12.2. The van der Waals surface area contributed by atoms with Gasteiger partial charge in [0.15, 0.2) is 5.78 Å². The average molecular weight is 270 g/mol. The summed E-state index contributed by atoms with van der Waals surface area (Å²) in [6.45, 7) is 3.87. The third-order valence-corrected chi connectivity index (χ3v) is 3.28. The fraction of sp³-hybridized carbons (Fsp3) is 0.235. The third kappa shape index (κ3) is 2.67. The Morgan fingerprint density at radius 2 is 1.60 bits per heavy atom. The van der Waals surface area contributed by atoms with E-state index in [4.69, 9.17) is 9.47 Å². The van der Waals surface area contributed by atoms with Crippen LogP contribution in [0.25, 0.3) is 0 Å². The van der Waals surface area contributed by atoms with E-state index in [0.29, 0.717) is 16.9 Å². The molecule has 3 heteroatoms. The molecule has 3 nitrogen and oxygen atoms in total. The predicted molar refractivity (Wildman–Crippen MR) is 78.9 cm³/mol. The highest BCUT2D eigenvalue weighted by Gasteiger charge is 2.16. The van der Waals surface area contributed by atoms with Crippen LogP contribution in [0, 0.1) is 13.8 Å². The lowest BCUT2D eigenvalue weighted by molar-refractivity contribution is 0.103. The summed E-state index contributed by atoms with van der Waals surface area (Å²) in [6.07, 6.45) is 0. The van der Waals surface area contributed by atoms with E-state index in [-0.39, 0.29) is 5.78 Å². The Bertz CT molecular complexity index is 645. The number of aryl methyl sites for hydroxylation is 2. The van der Waals surface area contributed by atoms with Gasteiger partial charge in [0.1, 0.15) is 11.5 Å². The second-order valence-electron chi connectivity index (χ2n) is 4.71. The van der Waals surface area contributed by atoms with Gasteiger partial charge in [-0.25, -0.2) is 0 Å². The number of carbonyl (C=O) groups excluding carboxylic acids is 1. The van der Waals surface area contributed by atoms with Crippen LogP contribution in [0.1, 0.15) is 27.0 Å². The predicted octanol–water partition coefficient (Wildman–Crippen LogP) is 3.55. The molecule has 0 atom stereocenters. The monoisotopic (exact) mass is 270 g/mol. The Morgan fingerprint density at radius 1 is 0.900 bits per heavy atom. The van der Waals surface area contributed by atoms with Crippen molar-refractivity contribution in [1.82, 2.24) is 0 Å². The van der Waals surface area contributed by atoms with Crippen LogP contribution in [0.2, 0.25) is 0 Å². The molecule has 2 aromatic carbocycles. The van der Waals surface area contributed by atoms with Gasteiger partial charge in [0.05, 0.1) is 19.8 Å². The highest BCUT2D eigenvalue weighted by Crippen LogP contribution is 2.25. The van der Waals surface area contributed by atoms with Crippen LogP contribution < -0.4 is 9.47 Å². The van der Waals surface area contributed by atoms with Gasteiger partial charge in [0.25, 0.3) is 0 Å². The summed E-state index contributed by atoms with van der Waals surface area (Å²) < 4.78 is 10.5. The van der Waals surface area contributed by atoms with Crippen LogP contribution in [0.4, 0.5) is 0 Å². The zero-order valence-electron chi connectivity index (χ0n) is 12.2. The fourth-order valence-corrected chi connectivity index (χ4v) is 2.15. The first-order chi connectivity index (χ1) is 9.56. The highest BCUT2D eigenvalue weighted by atomic mass is 16.5. The maximum Gasteiger partial charge on any atom is 0.197 e. The van der Waals surface area contributed by atoms with Crippen molar-refractivity contribution in [2.45, 2.75) is 13.8 Å². The number of carbonyl (C=O) groups is 1. The van der Waals surface area contributed by atoms with Gasteiger partial charge in [-0.3, -0.25) is 4.79 Å². The molecular formula is C17H18O3. The normalized spacial score (nSPS) is 10.2. The molecule has 0 amide bonds. The van der Waals surface area contributed by atoms with Crippen LogP contribution >= 0.6 is 0 Å². The Labute approximate surface area is 119 Å². The number of ketones is 1. The minimum atomic E-state index is -0.0398. The first kappa shape index (κ1) is 14.1. The second-order valence-corrected chi connectivity index (χ2v) is 4.71. The molecule has 0 N–H and O–H groups in total. The zero-order chi connectivity index (χ0) is 14.7. The molecule has 0 aliphatic heterocycles. The van der Waals surface area contributed by atoms with Crippen LogP contribution in [-0.2, 0) is 0 Å². The van der Waals surface area contributed by atoms with Crippen LogP contribution in [0.15, 0.2) is 36.4 Å². The lowest BCUT2D eigenvalue weighted by Crippen LogP contribution is -2.06. The van der Waals surface area contributed by atoms with Gasteiger partial charge in [-0.1, -0.05) is 6.07 Å². The quantitative estimate of drug-likeness (QED) is 0.797. The second kappa shape index (κ2) is 5.78. The van der Waals surface area contributed by atoms with Gasteiger partial charge in [0, 0.05) is 5.56 Å². The summed E-state index contributed by atoms with van der Waals surface area (Å²) in [5, 5.41) is 0. The summed E-state index contributed by atoms with van der Waals surface area (Å²) in [7, 11) is 3.19. The number of rotatable bonds is 4. The van der Waals surface area contributed by atoms with Crippen LogP contribution in [-0.4, -0.2) is 20.0 Å². The van der Waals surface area contributed by atoms with Gasteiger partial charge in [0.2, 0.25) is 0 Å². The Kier molecular flexibility index (Phi) is 4.08. The number of methoxy groups -OCH3 is 2. The Morgan fingerprint density at radius 3 is 2.20 bits per heavy atom. The van der Waals surface area contributed by atoms with E-state index in [1.807, 2.05) is 32.0 Å². The van der Waals surface area contributed by atoms with Gasteiger partial charge in [-0.2, -0.15) is 0 Å². The van der Waals surface area contributed by atoms with E-state index in [0.717, 1.165) is 16.9 Å². The highest BCUT2D eigenvalue weighted by molar-refractivity contribution is 6.11. The van der Waals surface area contributed by atoms with Gasteiger partial charge < -0.3 is 9.47 Å². The van der Waals surface area contributed by atoms with E-state index >= 15 is 0 Å².